The highest BCUT2D eigenvalue weighted by Crippen LogP contribution is 2.40. The Hall–Kier alpha value is -3.10. The number of benzene rings is 3. The zero-order valence-corrected chi connectivity index (χ0v) is 19.1. The Morgan fingerprint density at radius 2 is 1.28 bits per heavy atom. The molecule has 1 aliphatic rings. The molecule has 4 rings (SSSR count). The molecular formula is C27H22F8O. The summed E-state index contributed by atoms with van der Waals surface area (Å²) in [6.07, 6.45) is -5.32. The Morgan fingerprint density at radius 3 is 1.81 bits per heavy atom. The first-order valence-corrected chi connectivity index (χ1v) is 11.4. The van der Waals surface area contributed by atoms with Crippen molar-refractivity contribution in [2.24, 2.45) is 5.92 Å². The van der Waals surface area contributed by atoms with Crippen LogP contribution in [0.4, 0.5) is 35.1 Å². The highest BCUT2D eigenvalue weighted by Gasteiger charge is 2.42. The van der Waals surface area contributed by atoms with Gasteiger partial charge in [-0.15, -0.1) is 0 Å². The second-order valence-electron chi connectivity index (χ2n) is 9.15. The normalized spacial score (nSPS) is 18.8. The molecule has 1 nitrogen and oxygen atoms in total. The number of rotatable bonds is 5. The lowest BCUT2D eigenvalue weighted by Crippen LogP contribution is -2.25. The number of halogens is 8. The van der Waals surface area contributed by atoms with Gasteiger partial charge < -0.3 is 4.74 Å². The van der Waals surface area contributed by atoms with Crippen LogP contribution in [0.1, 0.15) is 55.2 Å². The van der Waals surface area contributed by atoms with Gasteiger partial charge in [-0.2, -0.15) is 22.0 Å². The molecule has 1 saturated carbocycles. The highest BCUT2D eigenvalue weighted by molar-refractivity contribution is 5.64. The van der Waals surface area contributed by atoms with Gasteiger partial charge >= 0.3 is 12.3 Å². The molecule has 1 fully saturated rings. The Balaban J connectivity index is 1.56. The fourth-order valence-electron chi connectivity index (χ4n) is 4.55. The van der Waals surface area contributed by atoms with E-state index in [9.17, 15) is 35.1 Å². The van der Waals surface area contributed by atoms with Crippen molar-refractivity contribution in [3.63, 3.8) is 0 Å². The monoisotopic (exact) mass is 514 g/mol. The van der Waals surface area contributed by atoms with E-state index in [1.165, 1.54) is 0 Å². The molecule has 0 heterocycles. The zero-order chi connectivity index (χ0) is 26.3. The van der Waals surface area contributed by atoms with E-state index < -0.39 is 46.6 Å². The van der Waals surface area contributed by atoms with E-state index in [0.717, 1.165) is 43.4 Å². The van der Waals surface area contributed by atoms with Gasteiger partial charge in [0, 0.05) is 6.07 Å². The van der Waals surface area contributed by atoms with Crippen molar-refractivity contribution in [2.45, 2.75) is 50.8 Å². The molecule has 0 radical (unpaired) electrons. The molecule has 3 aromatic carbocycles. The molecule has 3 aromatic rings. The van der Waals surface area contributed by atoms with E-state index >= 15 is 0 Å². The molecule has 192 valence electrons. The average Bonchev–Trinajstić information content (AvgIpc) is 2.78. The molecule has 0 bridgehead atoms. The summed E-state index contributed by atoms with van der Waals surface area (Å²) < 4.78 is 114. The first-order chi connectivity index (χ1) is 16.8. The van der Waals surface area contributed by atoms with Crippen LogP contribution in [0.25, 0.3) is 11.1 Å². The van der Waals surface area contributed by atoms with Crippen molar-refractivity contribution in [1.82, 2.24) is 0 Å². The predicted molar refractivity (Wildman–Crippen MR) is 118 cm³/mol. The Labute approximate surface area is 202 Å². The van der Waals surface area contributed by atoms with Crippen LogP contribution in [0.5, 0.6) is 5.75 Å². The molecular weight excluding hydrogens is 492 g/mol. The number of ether oxygens (including phenoxy) is 1. The summed E-state index contributed by atoms with van der Waals surface area (Å²) in [5.74, 6) is -5.04. The third-order valence-corrected chi connectivity index (χ3v) is 6.56. The van der Waals surface area contributed by atoms with Crippen molar-refractivity contribution in [1.29, 1.82) is 0 Å². The van der Waals surface area contributed by atoms with E-state index in [2.05, 4.69) is 11.7 Å². The number of hydrogen-bond donors (Lipinski definition) is 0. The first-order valence-electron chi connectivity index (χ1n) is 11.4. The molecule has 0 unspecified atom stereocenters. The fourth-order valence-corrected chi connectivity index (χ4v) is 4.55. The maximum Gasteiger partial charge on any atom is 0.432 e. The summed E-state index contributed by atoms with van der Waals surface area (Å²) in [7, 11) is 0. The van der Waals surface area contributed by atoms with E-state index in [4.69, 9.17) is 0 Å². The molecule has 0 saturated heterocycles. The Kier molecular flexibility index (Phi) is 7.03. The molecule has 0 amide bonds. The van der Waals surface area contributed by atoms with Crippen LogP contribution in [0.3, 0.4) is 0 Å². The molecule has 36 heavy (non-hydrogen) atoms. The highest BCUT2D eigenvalue weighted by atomic mass is 19.4. The summed E-state index contributed by atoms with van der Waals surface area (Å²) >= 11 is 0. The average molecular weight is 514 g/mol. The van der Waals surface area contributed by atoms with Gasteiger partial charge in [0.1, 0.15) is 28.8 Å². The lowest BCUT2D eigenvalue weighted by molar-refractivity contribution is -0.189. The van der Waals surface area contributed by atoms with Gasteiger partial charge in [-0.05, 0) is 65.6 Å². The van der Waals surface area contributed by atoms with Crippen molar-refractivity contribution in [3.05, 3.63) is 88.7 Å². The summed E-state index contributed by atoms with van der Waals surface area (Å²) in [4.78, 5) is 0. The van der Waals surface area contributed by atoms with Crippen molar-refractivity contribution in [2.75, 3.05) is 0 Å². The number of alkyl halides is 5. The predicted octanol–water partition coefficient (Wildman–Crippen LogP) is 9.21. The molecule has 0 spiro atoms. The first kappa shape index (κ1) is 26.0. The van der Waals surface area contributed by atoms with E-state index in [1.807, 2.05) is 12.1 Å². The third kappa shape index (κ3) is 5.50. The molecule has 0 atom stereocenters. The van der Waals surface area contributed by atoms with Gasteiger partial charge in [0.15, 0.2) is 0 Å². The smallest absolute Gasteiger partial charge is 0.429 e. The van der Waals surface area contributed by atoms with Crippen molar-refractivity contribution < 1.29 is 39.9 Å². The standard InChI is InChI=1S/C27H22F8O/c1-15-2-4-16(5-3-15)17-6-8-18(9-7-17)19-12-23(29)25(24(30)13-19)27(34,35)36-20-10-11-21(22(28)14-20)26(31,32)33/h6-16H,2-5H2,1H3. The maximum atomic E-state index is 14.7. The molecule has 0 aliphatic heterocycles. The van der Waals surface area contributed by atoms with E-state index in [-0.39, 0.29) is 17.7 Å². The minimum absolute atomic E-state index is 0.0222. The van der Waals surface area contributed by atoms with Crippen molar-refractivity contribution >= 4 is 0 Å². The second kappa shape index (κ2) is 9.75. The lowest BCUT2D eigenvalue weighted by atomic mass is 9.79. The van der Waals surface area contributed by atoms with Crippen LogP contribution in [-0.4, -0.2) is 0 Å². The maximum absolute atomic E-state index is 14.7. The SMILES string of the molecule is CC1CCC(c2ccc(-c3cc(F)c(C(F)(F)Oc4ccc(C(F)(F)F)c(F)c4)c(F)c3)cc2)CC1. The molecule has 0 aromatic heterocycles. The lowest BCUT2D eigenvalue weighted by Gasteiger charge is -2.26. The van der Waals surface area contributed by atoms with Gasteiger partial charge in [0.25, 0.3) is 0 Å². The van der Waals surface area contributed by atoms with Gasteiger partial charge in [0.2, 0.25) is 0 Å². The minimum atomic E-state index is -5.05. The van der Waals surface area contributed by atoms with E-state index in [1.54, 1.807) is 12.1 Å². The zero-order valence-electron chi connectivity index (χ0n) is 19.1. The third-order valence-electron chi connectivity index (χ3n) is 6.56. The Bertz CT molecular complexity index is 1200. The van der Waals surface area contributed by atoms with Crippen LogP contribution in [0.15, 0.2) is 54.6 Å². The second-order valence-corrected chi connectivity index (χ2v) is 9.15. The molecule has 9 heteroatoms. The fraction of sp³-hybridized carbons (Fsp3) is 0.333. The van der Waals surface area contributed by atoms with Gasteiger partial charge in [-0.1, -0.05) is 44.0 Å². The minimum Gasteiger partial charge on any atom is -0.429 e. The van der Waals surface area contributed by atoms with Crippen LogP contribution in [0.2, 0.25) is 0 Å². The summed E-state index contributed by atoms with van der Waals surface area (Å²) in [6, 6.07) is 9.22. The molecule has 1 aliphatic carbocycles. The topological polar surface area (TPSA) is 9.23 Å². The van der Waals surface area contributed by atoms with Crippen LogP contribution < -0.4 is 4.74 Å². The molecule has 0 N–H and O–H groups in total. The summed E-state index contributed by atoms with van der Waals surface area (Å²) in [5.41, 5.74) is -1.88. The Morgan fingerprint density at radius 1 is 0.694 bits per heavy atom. The number of hydrogen-bond acceptors (Lipinski definition) is 1. The van der Waals surface area contributed by atoms with Crippen LogP contribution in [-0.2, 0) is 12.3 Å². The van der Waals surface area contributed by atoms with Crippen molar-refractivity contribution in [3.8, 4) is 16.9 Å². The van der Waals surface area contributed by atoms with Crippen LogP contribution in [0, 0.1) is 23.4 Å². The van der Waals surface area contributed by atoms with Gasteiger partial charge in [-0.25, -0.2) is 13.2 Å². The van der Waals surface area contributed by atoms with Gasteiger partial charge in [0.05, 0.1) is 5.56 Å². The van der Waals surface area contributed by atoms with Gasteiger partial charge in [-0.3, -0.25) is 0 Å². The van der Waals surface area contributed by atoms with Crippen LogP contribution >= 0.6 is 0 Å². The largest absolute Gasteiger partial charge is 0.432 e. The quantitative estimate of drug-likeness (QED) is 0.309. The summed E-state index contributed by atoms with van der Waals surface area (Å²) in [5, 5.41) is 0. The van der Waals surface area contributed by atoms with E-state index in [0.29, 0.717) is 23.5 Å². The summed E-state index contributed by atoms with van der Waals surface area (Å²) in [6.45, 7) is 2.21.